The quantitative estimate of drug-likeness (QED) is 0.314. The lowest BCUT2D eigenvalue weighted by atomic mass is 10.1. The van der Waals surface area contributed by atoms with E-state index in [1.807, 2.05) is 0 Å². The van der Waals surface area contributed by atoms with Crippen molar-refractivity contribution in [1.29, 1.82) is 0 Å². The Bertz CT molecular complexity index is 1540. The average molecular weight is 466 g/mol. The van der Waals surface area contributed by atoms with E-state index in [4.69, 9.17) is 32.1 Å². The van der Waals surface area contributed by atoms with Crippen molar-refractivity contribution in [2.24, 2.45) is 0 Å². The molecule has 3 heterocycles. The topological polar surface area (TPSA) is 74.1 Å². The van der Waals surface area contributed by atoms with Crippen LogP contribution in [0.1, 0.15) is 5.69 Å². The maximum atomic E-state index is 14.1. The van der Waals surface area contributed by atoms with E-state index in [0.717, 1.165) is 0 Å². The van der Waals surface area contributed by atoms with Crippen molar-refractivity contribution in [3.05, 3.63) is 74.7 Å². The Morgan fingerprint density at radius 2 is 1.77 bits per heavy atom. The van der Waals surface area contributed by atoms with Crippen LogP contribution in [0.5, 0.6) is 0 Å². The summed E-state index contributed by atoms with van der Waals surface area (Å²) < 4.78 is 53.3. The number of alkyl halides is 3. The van der Waals surface area contributed by atoms with Crippen molar-refractivity contribution in [3.8, 4) is 16.9 Å². The highest BCUT2D eigenvalue weighted by molar-refractivity contribution is 6.33. The fraction of sp³-hybridized carbons (Fsp3) is 0.0500. The molecule has 0 saturated carbocycles. The van der Waals surface area contributed by atoms with Crippen molar-refractivity contribution in [2.45, 2.75) is 6.18 Å². The summed E-state index contributed by atoms with van der Waals surface area (Å²) >= 11 is 12.1. The second kappa shape index (κ2) is 6.86. The Labute approximate surface area is 180 Å². The molecule has 0 spiro atoms. The van der Waals surface area contributed by atoms with Crippen LogP contribution in [0, 0.1) is 0 Å². The standard InChI is InChI=1S/C20H8Cl2F3N3O3/c21-9-4-3-5-10(8-9)28-17(20(23,24)25)14-16-13(19(29)30-18(14)26-28)15(27-31-16)11-6-1-2-7-12(11)22/h1-8H. The predicted molar refractivity (Wildman–Crippen MR) is 108 cm³/mol. The maximum absolute atomic E-state index is 14.1. The first-order chi connectivity index (χ1) is 14.8. The summed E-state index contributed by atoms with van der Waals surface area (Å²) in [5.41, 5.74) is -2.79. The SMILES string of the molecule is O=c1oc2nn(-c3cccc(Cl)c3)c(C(F)(F)F)c2c2onc(-c3ccccc3Cl)c12. The summed E-state index contributed by atoms with van der Waals surface area (Å²) in [6.07, 6.45) is -4.87. The van der Waals surface area contributed by atoms with Gasteiger partial charge in [0.1, 0.15) is 16.5 Å². The lowest BCUT2D eigenvalue weighted by Crippen LogP contribution is -2.13. The van der Waals surface area contributed by atoms with Crippen molar-refractivity contribution in [2.75, 3.05) is 0 Å². The number of nitrogens with zero attached hydrogens (tertiary/aromatic N) is 3. The Kier molecular flexibility index (Phi) is 4.35. The second-order valence-electron chi connectivity index (χ2n) is 6.52. The molecule has 0 N–H and O–H groups in total. The Morgan fingerprint density at radius 3 is 2.48 bits per heavy atom. The first kappa shape index (κ1) is 19.7. The fourth-order valence-electron chi connectivity index (χ4n) is 3.36. The summed E-state index contributed by atoms with van der Waals surface area (Å²) in [6.45, 7) is 0. The third-order valence-corrected chi connectivity index (χ3v) is 5.18. The smallest absolute Gasteiger partial charge is 0.401 e. The average Bonchev–Trinajstić information content (AvgIpc) is 3.30. The van der Waals surface area contributed by atoms with Crippen LogP contribution in [0.3, 0.4) is 0 Å². The zero-order valence-electron chi connectivity index (χ0n) is 15.1. The normalized spacial score (nSPS) is 12.2. The molecular formula is C20H8Cl2F3N3O3. The van der Waals surface area contributed by atoms with Gasteiger partial charge in [0.05, 0.1) is 10.7 Å². The molecule has 0 amide bonds. The van der Waals surface area contributed by atoms with Crippen molar-refractivity contribution in [3.63, 3.8) is 0 Å². The zero-order chi connectivity index (χ0) is 21.9. The molecule has 2 aromatic carbocycles. The van der Waals surface area contributed by atoms with Crippen LogP contribution in [0.2, 0.25) is 10.0 Å². The van der Waals surface area contributed by atoms with E-state index in [1.165, 1.54) is 24.3 Å². The number of halogens is 5. The molecule has 0 unspecified atom stereocenters. The first-order valence-corrected chi connectivity index (χ1v) is 9.44. The van der Waals surface area contributed by atoms with E-state index >= 15 is 0 Å². The first-order valence-electron chi connectivity index (χ1n) is 8.69. The van der Waals surface area contributed by atoms with Crippen LogP contribution in [0.4, 0.5) is 13.2 Å². The molecule has 0 aliphatic heterocycles. The van der Waals surface area contributed by atoms with E-state index in [1.54, 1.807) is 24.3 Å². The molecule has 0 saturated heterocycles. The largest absolute Gasteiger partial charge is 0.434 e. The minimum absolute atomic E-state index is 0.0256. The number of benzene rings is 2. The molecule has 0 radical (unpaired) electrons. The molecule has 5 rings (SSSR count). The molecule has 0 fully saturated rings. The van der Waals surface area contributed by atoms with Crippen LogP contribution in [0.25, 0.3) is 39.0 Å². The molecule has 31 heavy (non-hydrogen) atoms. The van der Waals surface area contributed by atoms with Crippen LogP contribution < -0.4 is 5.63 Å². The Hall–Kier alpha value is -3.30. The van der Waals surface area contributed by atoms with Gasteiger partial charge in [0, 0.05) is 10.6 Å². The number of fused-ring (bicyclic) bond motifs is 3. The monoisotopic (exact) mass is 465 g/mol. The molecule has 11 heteroatoms. The molecule has 0 aliphatic carbocycles. The lowest BCUT2D eigenvalue weighted by Gasteiger charge is -2.10. The van der Waals surface area contributed by atoms with Crippen LogP contribution in [-0.2, 0) is 6.18 Å². The summed E-state index contributed by atoms with van der Waals surface area (Å²) in [4.78, 5) is 12.7. The minimum atomic E-state index is -4.87. The Balaban J connectivity index is 1.92. The highest BCUT2D eigenvalue weighted by Gasteiger charge is 2.41. The highest BCUT2D eigenvalue weighted by atomic mass is 35.5. The van der Waals surface area contributed by atoms with Crippen LogP contribution in [-0.4, -0.2) is 14.9 Å². The van der Waals surface area contributed by atoms with Crippen LogP contribution in [0.15, 0.2) is 62.3 Å². The van der Waals surface area contributed by atoms with Gasteiger partial charge in [-0.2, -0.15) is 13.2 Å². The third kappa shape index (κ3) is 3.08. The Morgan fingerprint density at radius 1 is 1.00 bits per heavy atom. The fourth-order valence-corrected chi connectivity index (χ4v) is 3.77. The van der Waals surface area contributed by atoms with Gasteiger partial charge in [-0.3, -0.25) is 0 Å². The maximum Gasteiger partial charge on any atom is 0.434 e. The van der Waals surface area contributed by atoms with Gasteiger partial charge in [-0.25, -0.2) is 9.48 Å². The summed E-state index contributed by atoms with van der Waals surface area (Å²) in [6, 6.07) is 12.1. The predicted octanol–water partition coefficient (Wildman–Crippen LogP) is 6.11. The molecule has 0 bridgehead atoms. The van der Waals surface area contributed by atoms with E-state index < -0.39 is 34.2 Å². The summed E-state index contributed by atoms with van der Waals surface area (Å²) in [5.74, 6) is 0. The number of rotatable bonds is 2. The number of aromatic nitrogens is 3. The van der Waals surface area contributed by atoms with Gasteiger partial charge in [-0.15, -0.1) is 5.10 Å². The lowest BCUT2D eigenvalue weighted by molar-refractivity contribution is -0.141. The van der Waals surface area contributed by atoms with E-state index in [0.29, 0.717) is 10.2 Å². The number of hydrogen-bond acceptors (Lipinski definition) is 5. The molecule has 0 aliphatic rings. The molecule has 5 aromatic rings. The second-order valence-corrected chi connectivity index (χ2v) is 7.37. The van der Waals surface area contributed by atoms with Gasteiger partial charge < -0.3 is 8.94 Å². The van der Waals surface area contributed by atoms with Crippen molar-refractivity contribution in [1.82, 2.24) is 14.9 Å². The molecule has 156 valence electrons. The molecular weight excluding hydrogens is 458 g/mol. The van der Waals surface area contributed by atoms with E-state index in [9.17, 15) is 18.0 Å². The summed E-state index contributed by atoms with van der Waals surface area (Å²) in [5, 5.41) is 7.31. The van der Waals surface area contributed by atoms with Gasteiger partial charge >= 0.3 is 11.8 Å². The van der Waals surface area contributed by atoms with Crippen molar-refractivity contribution >= 4 is 45.3 Å². The zero-order valence-corrected chi connectivity index (χ0v) is 16.6. The molecule has 6 nitrogen and oxygen atoms in total. The molecule has 0 atom stereocenters. The van der Waals surface area contributed by atoms with Gasteiger partial charge in [0.15, 0.2) is 11.3 Å². The number of hydrogen-bond donors (Lipinski definition) is 0. The van der Waals surface area contributed by atoms with Gasteiger partial charge in [0.25, 0.3) is 5.71 Å². The minimum Gasteiger partial charge on any atom is -0.401 e. The van der Waals surface area contributed by atoms with Crippen molar-refractivity contribution < 1.29 is 22.1 Å². The highest BCUT2D eigenvalue weighted by Crippen LogP contribution is 2.41. The van der Waals surface area contributed by atoms with E-state index in [2.05, 4.69) is 10.3 Å². The van der Waals surface area contributed by atoms with Gasteiger partial charge in [-0.1, -0.05) is 52.6 Å². The third-order valence-electron chi connectivity index (χ3n) is 4.62. The summed E-state index contributed by atoms with van der Waals surface area (Å²) in [7, 11) is 0. The van der Waals surface area contributed by atoms with Crippen LogP contribution >= 0.6 is 23.2 Å². The molecule has 3 aromatic heterocycles. The van der Waals surface area contributed by atoms with E-state index in [-0.39, 0.29) is 26.8 Å². The van der Waals surface area contributed by atoms with Gasteiger partial charge in [-0.05, 0) is 24.3 Å². The van der Waals surface area contributed by atoms with Gasteiger partial charge in [0.2, 0.25) is 0 Å².